The van der Waals surface area contributed by atoms with Gasteiger partial charge in [-0.2, -0.15) is 0 Å². The molecule has 92 valence electrons. The fourth-order valence-corrected chi connectivity index (χ4v) is 2.37. The minimum absolute atomic E-state index is 0.224. The van der Waals surface area contributed by atoms with Crippen molar-refractivity contribution < 1.29 is 9.90 Å². The van der Waals surface area contributed by atoms with Crippen LogP contribution in [0.1, 0.15) is 28.8 Å². The van der Waals surface area contributed by atoms with Crippen LogP contribution in [-0.4, -0.2) is 30.2 Å². The summed E-state index contributed by atoms with van der Waals surface area (Å²) < 4.78 is 0. The summed E-state index contributed by atoms with van der Waals surface area (Å²) in [5.41, 5.74) is 8.40. The third-order valence-electron chi connectivity index (χ3n) is 3.24. The van der Waals surface area contributed by atoms with E-state index in [0.29, 0.717) is 5.56 Å². The van der Waals surface area contributed by atoms with E-state index in [2.05, 4.69) is 4.90 Å². The van der Waals surface area contributed by atoms with Crippen LogP contribution in [0.5, 0.6) is 0 Å². The van der Waals surface area contributed by atoms with E-state index in [9.17, 15) is 4.79 Å². The molecule has 2 rings (SSSR count). The molecule has 1 aliphatic rings. The highest BCUT2D eigenvalue weighted by atomic mass is 16.4. The van der Waals surface area contributed by atoms with Gasteiger partial charge in [0, 0.05) is 24.8 Å². The number of hydrogen-bond donors (Lipinski definition) is 2. The summed E-state index contributed by atoms with van der Waals surface area (Å²) in [6.45, 7) is 3.80. The van der Waals surface area contributed by atoms with E-state index in [4.69, 9.17) is 10.8 Å². The summed E-state index contributed by atoms with van der Waals surface area (Å²) in [4.78, 5) is 13.1. The van der Waals surface area contributed by atoms with Crippen LogP contribution in [0.3, 0.4) is 0 Å². The van der Waals surface area contributed by atoms with Crippen molar-refractivity contribution >= 4 is 11.7 Å². The number of piperidine rings is 1. The highest BCUT2D eigenvalue weighted by Crippen LogP contribution is 2.24. The molecule has 1 aromatic rings. The molecule has 0 radical (unpaired) electrons. The quantitative estimate of drug-likeness (QED) is 0.816. The topological polar surface area (TPSA) is 66.6 Å². The van der Waals surface area contributed by atoms with Crippen molar-refractivity contribution in [3.63, 3.8) is 0 Å². The lowest BCUT2D eigenvalue weighted by atomic mass is 10.0. The van der Waals surface area contributed by atoms with Gasteiger partial charge in [0.15, 0.2) is 0 Å². The summed E-state index contributed by atoms with van der Waals surface area (Å²) in [6, 6.07) is 5.49. The second-order valence-corrected chi connectivity index (χ2v) is 4.65. The molecule has 4 nitrogen and oxygen atoms in total. The average Bonchev–Trinajstić information content (AvgIpc) is 2.28. The van der Waals surface area contributed by atoms with Crippen molar-refractivity contribution in [3.8, 4) is 0 Å². The highest BCUT2D eigenvalue weighted by Gasteiger charge is 2.18. The largest absolute Gasteiger partial charge is 0.478 e. The van der Waals surface area contributed by atoms with E-state index in [1.165, 1.54) is 0 Å². The maximum absolute atomic E-state index is 10.9. The summed E-state index contributed by atoms with van der Waals surface area (Å²) in [7, 11) is 0. The Bertz CT molecular complexity index is 431. The van der Waals surface area contributed by atoms with Crippen molar-refractivity contribution in [2.45, 2.75) is 25.8 Å². The third kappa shape index (κ3) is 2.58. The molecule has 1 aromatic carbocycles. The maximum atomic E-state index is 10.9. The van der Waals surface area contributed by atoms with Gasteiger partial charge in [0.1, 0.15) is 0 Å². The number of nitrogens with two attached hydrogens (primary N) is 1. The van der Waals surface area contributed by atoms with Crippen LogP contribution < -0.4 is 10.6 Å². The van der Waals surface area contributed by atoms with E-state index in [-0.39, 0.29) is 6.04 Å². The van der Waals surface area contributed by atoms with Crippen LogP contribution in [0.2, 0.25) is 0 Å². The predicted octanol–water partition coefficient (Wildman–Crippen LogP) is 1.62. The van der Waals surface area contributed by atoms with Gasteiger partial charge < -0.3 is 15.7 Å². The van der Waals surface area contributed by atoms with E-state index >= 15 is 0 Å². The van der Waals surface area contributed by atoms with Gasteiger partial charge in [0.25, 0.3) is 0 Å². The van der Waals surface area contributed by atoms with Crippen LogP contribution >= 0.6 is 0 Å². The summed E-state index contributed by atoms with van der Waals surface area (Å²) in [6.07, 6.45) is 2.17. The first kappa shape index (κ1) is 11.9. The van der Waals surface area contributed by atoms with E-state index in [1.807, 2.05) is 13.0 Å². The highest BCUT2D eigenvalue weighted by molar-refractivity contribution is 5.88. The molecule has 1 aliphatic heterocycles. The zero-order valence-electron chi connectivity index (χ0n) is 10.0. The fourth-order valence-electron chi connectivity index (χ4n) is 2.37. The van der Waals surface area contributed by atoms with Crippen LogP contribution in [0.15, 0.2) is 18.2 Å². The lowest BCUT2D eigenvalue weighted by Gasteiger charge is -2.33. The molecule has 1 unspecified atom stereocenters. The Kier molecular flexibility index (Phi) is 3.33. The number of carbonyl (C=O) groups is 1. The number of aryl methyl sites for hydroxylation is 1. The van der Waals surface area contributed by atoms with Gasteiger partial charge in [-0.25, -0.2) is 4.79 Å². The Morgan fingerprint density at radius 3 is 2.88 bits per heavy atom. The van der Waals surface area contributed by atoms with Gasteiger partial charge in [-0.3, -0.25) is 0 Å². The summed E-state index contributed by atoms with van der Waals surface area (Å²) in [5.74, 6) is -0.880. The van der Waals surface area contributed by atoms with Gasteiger partial charge in [0.05, 0.1) is 5.56 Å². The fraction of sp³-hybridized carbons (Fsp3) is 0.462. The van der Waals surface area contributed by atoms with E-state index < -0.39 is 5.97 Å². The molecule has 3 N–H and O–H groups in total. The second kappa shape index (κ2) is 4.75. The lowest BCUT2D eigenvalue weighted by Crippen LogP contribution is -2.43. The zero-order chi connectivity index (χ0) is 12.4. The van der Waals surface area contributed by atoms with Crippen LogP contribution in [0.4, 0.5) is 5.69 Å². The molecule has 1 fully saturated rings. The molecule has 0 aliphatic carbocycles. The van der Waals surface area contributed by atoms with E-state index in [1.54, 1.807) is 12.1 Å². The Hall–Kier alpha value is -1.55. The number of rotatable bonds is 2. The molecule has 0 saturated carbocycles. The van der Waals surface area contributed by atoms with Gasteiger partial charge in [-0.05, 0) is 43.5 Å². The van der Waals surface area contributed by atoms with Crippen molar-refractivity contribution in [3.05, 3.63) is 29.3 Å². The third-order valence-corrected chi connectivity index (χ3v) is 3.24. The zero-order valence-corrected chi connectivity index (χ0v) is 10.0. The minimum Gasteiger partial charge on any atom is -0.478 e. The SMILES string of the molecule is Cc1cc(C(=O)O)ccc1N1CCCC(N)C1. The number of aromatic carboxylic acids is 1. The van der Waals surface area contributed by atoms with E-state index in [0.717, 1.165) is 37.2 Å². The molecular weight excluding hydrogens is 216 g/mol. The summed E-state index contributed by atoms with van der Waals surface area (Å²) >= 11 is 0. The Balaban J connectivity index is 2.23. The Morgan fingerprint density at radius 1 is 1.53 bits per heavy atom. The number of carboxylic acids is 1. The number of anilines is 1. The molecule has 0 aromatic heterocycles. The van der Waals surface area contributed by atoms with Gasteiger partial charge >= 0.3 is 5.97 Å². The van der Waals surface area contributed by atoms with Crippen molar-refractivity contribution in [2.24, 2.45) is 5.73 Å². The van der Waals surface area contributed by atoms with Crippen molar-refractivity contribution in [1.29, 1.82) is 0 Å². The summed E-state index contributed by atoms with van der Waals surface area (Å²) in [5, 5.41) is 8.92. The number of carboxylic acid groups (broad SMARTS) is 1. The molecular formula is C13H18N2O2. The molecule has 17 heavy (non-hydrogen) atoms. The molecule has 1 saturated heterocycles. The molecule has 1 heterocycles. The smallest absolute Gasteiger partial charge is 0.335 e. The normalized spacial score (nSPS) is 20.4. The number of hydrogen-bond acceptors (Lipinski definition) is 3. The molecule has 0 spiro atoms. The second-order valence-electron chi connectivity index (χ2n) is 4.65. The first-order valence-electron chi connectivity index (χ1n) is 5.92. The van der Waals surface area contributed by atoms with Gasteiger partial charge in [0.2, 0.25) is 0 Å². The minimum atomic E-state index is -0.880. The molecule has 0 bridgehead atoms. The first-order chi connectivity index (χ1) is 8.08. The molecule has 0 amide bonds. The van der Waals surface area contributed by atoms with Crippen LogP contribution in [-0.2, 0) is 0 Å². The predicted molar refractivity (Wildman–Crippen MR) is 67.6 cm³/mol. The van der Waals surface area contributed by atoms with Crippen LogP contribution in [0.25, 0.3) is 0 Å². The molecule has 4 heteroatoms. The van der Waals surface area contributed by atoms with Gasteiger partial charge in [-0.1, -0.05) is 0 Å². The maximum Gasteiger partial charge on any atom is 0.335 e. The van der Waals surface area contributed by atoms with Crippen LogP contribution in [0, 0.1) is 6.92 Å². The van der Waals surface area contributed by atoms with Gasteiger partial charge in [-0.15, -0.1) is 0 Å². The van der Waals surface area contributed by atoms with Crippen molar-refractivity contribution in [1.82, 2.24) is 0 Å². The number of benzene rings is 1. The Morgan fingerprint density at radius 2 is 2.29 bits per heavy atom. The lowest BCUT2D eigenvalue weighted by molar-refractivity contribution is 0.0697. The first-order valence-corrected chi connectivity index (χ1v) is 5.92. The Labute approximate surface area is 101 Å². The van der Waals surface area contributed by atoms with Crippen molar-refractivity contribution in [2.75, 3.05) is 18.0 Å². The number of nitrogens with zero attached hydrogens (tertiary/aromatic N) is 1. The average molecular weight is 234 g/mol. The monoisotopic (exact) mass is 234 g/mol. The standard InChI is InChI=1S/C13H18N2O2/c1-9-7-10(13(16)17)4-5-12(9)15-6-2-3-11(14)8-15/h4-5,7,11H,2-3,6,8,14H2,1H3,(H,16,17). The molecule has 1 atom stereocenters.